The number of rotatable bonds is 4. The largest absolute Gasteiger partial charge is 0.398 e. The van der Waals surface area contributed by atoms with Gasteiger partial charge in [0, 0.05) is 15.8 Å². The number of carbonyl (C=O) groups is 2. The number of hydrogen-bond acceptors (Lipinski definition) is 3. The number of alkyl halides is 2. The van der Waals surface area contributed by atoms with E-state index in [-0.39, 0.29) is 16.5 Å². The molecule has 4 N–H and O–H groups in total. The summed E-state index contributed by atoms with van der Waals surface area (Å²) in [5.74, 6) is -1.20. The van der Waals surface area contributed by atoms with Crippen molar-refractivity contribution in [2.45, 2.75) is 17.7 Å². The molecule has 3 rings (SSSR count). The smallest absolute Gasteiger partial charge is 0.257 e. The van der Waals surface area contributed by atoms with E-state index in [2.05, 4.69) is 26.6 Å². The first-order chi connectivity index (χ1) is 12.6. The summed E-state index contributed by atoms with van der Waals surface area (Å²) in [5, 5.41) is 5.75. The van der Waals surface area contributed by atoms with Gasteiger partial charge in [-0.25, -0.2) is 0 Å². The predicted octanol–water partition coefficient (Wildman–Crippen LogP) is 5.38. The summed E-state index contributed by atoms with van der Waals surface area (Å²) in [6.07, 6.45) is 0.394. The molecule has 142 valence electrons. The molecular weight excluding hydrogens is 476 g/mol. The van der Waals surface area contributed by atoms with E-state index in [9.17, 15) is 9.59 Å². The van der Waals surface area contributed by atoms with E-state index in [0.29, 0.717) is 28.0 Å². The molecule has 1 aliphatic rings. The second-order valence-electron chi connectivity index (χ2n) is 6.29. The molecule has 27 heavy (non-hydrogen) atoms. The Kier molecular flexibility index (Phi) is 5.64. The van der Waals surface area contributed by atoms with Crippen molar-refractivity contribution in [2.75, 3.05) is 16.4 Å². The number of amides is 2. The highest BCUT2D eigenvalue weighted by atomic mass is 79.9. The summed E-state index contributed by atoms with van der Waals surface area (Å²) >= 11 is 21.4. The molecule has 9 heteroatoms. The van der Waals surface area contributed by atoms with Crippen LogP contribution in [0.3, 0.4) is 0 Å². The lowest BCUT2D eigenvalue weighted by Crippen LogP contribution is -2.18. The quantitative estimate of drug-likeness (QED) is 0.397. The third-order valence-corrected chi connectivity index (χ3v) is 6.14. The fourth-order valence-corrected chi connectivity index (χ4v) is 3.77. The van der Waals surface area contributed by atoms with Crippen molar-refractivity contribution in [2.24, 2.45) is 5.92 Å². The molecule has 2 aromatic carbocycles. The van der Waals surface area contributed by atoms with Crippen molar-refractivity contribution in [1.82, 2.24) is 0 Å². The van der Waals surface area contributed by atoms with Gasteiger partial charge in [-0.15, -0.1) is 23.2 Å². The summed E-state index contributed by atoms with van der Waals surface area (Å²) in [6.45, 7) is 1.80. The normalized spacial score (nSPS) is 17.3. The first-order valence-electron chi connectivity index (χ1n) is 7.94. The van der Waals surface area contributed by atoms with Crippen molar-refractivity contribution in [1.29, 1.82) is 0 Å². The minimum Gasteiger partial charge on any atom is -0.398 e. The second kappa shape index (κ2) is 7.51. The minimum atomic E-state index is -1.02. The number of anilines is 3. The van der Waals surface area contributed by atoms with Crippen LogP contribution in [0.1, 0.15) is 22.3 Å². The van der Waals surface area contributed by atoms with Gasteiger partial charge in [0.15, 0.2) is 0 Å². The van der Waals surface area contributed by atoms with E-state index >= 15 is 0 Å². The third kappa shape index (κ3) is 4.35. The Balaban J connectivity index is 1.81. The Bertz CT molecular complexity index is 950. The molecule has 1 fully saturated rings. The van der Waals surface area contributed by atoms with Gasteiger partial charge in [0.2, 0.25) is 5.91 Å². The van der Waals surface area contributed by atoms with Crippen LogP contribution in [-0.4, -0.2) is 16.1 Å². The van der Waals surface area contributed by atoms with Gasteiger partial charge in [0.05, 0.1) is 22.2 Å². The lowest BCUT2D eigenvalue weighted by Gasteiger charge is -2.14. The Morgan fingerprint density at radius 3 is 2.52 bits per heavy atom. The molecule has 1 atom stereocenters. The van der Waals surface area contributed by atoms with Crippen LogP contribution in [0, 0.1) is 12.8 Å². The number of benzene rings is 2. The topological polar surface area (TPSA) is 84.2 Å². The molecule has 1 unspecified atom stereocenters. The maximum absolute atomic E-state index is 12.7. The van der Waals surface area contributed by atoms with Crippen LogP contribution >= 0.6 is 50.7 Å². The van der Waals surface area contributed by atoms with Crippen molar-refractivity contribution < 1.29 is 9.59 Å². The maximum atomic E-state index is 12.7. The lowest BCUT2D eigenvalue weighted by molar-refractivity contribution is -0.117. The molecule has 0 radical (unpaired) electrons. The van der Waals surface area contributed by atoms with Crippen LogP contribution in [-0.2, 0) is 4.79 Å². The van der Waals surface area contributed by atoms with Gasteiger partial charge in [-0.2, -0.15) is 0 Å². The zero-order valence-corrected chi connectivity index (χ0v) is 17.9. The molecule has 0 aromatic heterocycles. The van der Waals surface area contributed by atoms with Gasteiger partial charge in [0.1, 0.15) is 4.33 Å². The first kappa shape index (κ1) is 20.3. The standard InChI is InChI=1S/C18H15BrCl3N3O2/c1-8-14(23)5-3-12(19)15(8)25-16(26)10-6-9(2-4-13(10)20)24-17(27)11-7-18(11,21)22/h2-6,11H,7,23H2,1H3,(H,24,27)(H,25,26). The van der Waals surface area contributed by atoms with Crippen molar-refractivity contribution in [3.05, 3.63) is 51.0 Å². The zero-order chi connectivity index (χ0) is 19.9. The number of nitrogen functional groups attached to an aromatic ring is 1. The predicted molar refractivity (Wildman–Crippen MR) is 114 cm³/mol. The average Bonchev–Trinajstić information content (AvgIpc) is 3.25. The Morgan fingerprint density at radius 2 is 1.89 bits per heavy atom. The molecular formula is C18H15BrCl3N3O2. The molecule has 0 saturated heterocycles. The summed E-state index contributed by atoms with van der Waals surface area (Å²) in [4.78, 5) is 24.9. The van der Waals surface area contributed by atoms with Crippen molar-refractivity contribution >= 4 is 79.6 Å². The molecule has 1 saturated carbocycles. The van der Waals surface area contributed by atoms with Gasteiger partial charge in [-0.3, -0.25) is 9.59 Å². The van der Waals surface area contributed by atoms with E-state index in [0.717, 1.165) is 5.56 Å². The Morgan fingerprint density at radius 1 is 1.22 bits per heavy atom. The molecule has 0 aliphatic heterocycles. The van der Waals surface area contributed by atoms with Gasteiger partial charge in [-0.05, 0) is 65.2 Å². The highest BCUT2D eigenvalue weighted by Gasteiger charge is 2.56. The molecule has 2 aromatic rings. The van der Waals surface area contributed by atoms with E-state index in [1.807, 2.05) is 0 Å². The van der Waals surface area contributed by atoms with Crippen molar-refractivity contribution in [3.63, 3.8) is 0 Å². The molecule has 0 bridgehead atoms. The number of nitrogens with two attached hydrogens (primary N) is 1. The van der Waals surface area contributed by atoms with Crippen LogP contribution in [0.15, 0.2) is 34.8 Å². The van der Waals surface area contributed by atoms with Gasteiger partial charge in [0.25, 0.3) is 5.91 Å². The molecule has 5 nitrogen and oxygen atoms in total. The van der Waals surface area contributed by atoms with Crippen LogP contribution in [0.2, 0.25) is 5.02 Å². The number of carbonyl (C=O) groups excluding carboxylic acids is 2. The van der Waals surface area contributed by atoms with Gasteiger partial charge < -0.3 is 16.4 Å². The monoisotopic (exact) mass is 489 g/mol. The highest BCUT2D eigenvalue weighted by molar-refractivity contribution is 9.10. The van der Waals surface area contributed by atoms with E-state index in [1.165, 1.54) is 12.1 Å². The number of halogens is 4. The SMILES string of the molecule is Cc1c(N)ccc(Br)c1NC(=O)c1cc(NC(=O)C2CC2(Cl)Cl)ccc1Cl. The van der Waals surface area contributed by atoms with Crippen LogP contribution in [0.25, 0.3) is 0 Å². The second-order valence-corrected chi connectivity index (χ2v) is 9.10. The molecule has 1 aliphatic carbocycles. The molecule has 0 heterocycles. The Hall–Kier alpha value is -1.47. The summed E-state index contributed by atoms with van der Waals surface area (Å²) < 4.78 is -0.328. The van der Waals surface area contributed by atoms with Crippen LogP contribution < -0.4 is 16.4 Å². The van der Waals surface area contributed by atoms with Gasteiger partial charge in [-0.1, -0.05) is 11.6 Å². The highest BCUT2D eigenvalue weighted by Crippen LogP contribution is 2.53. The van der Waals surface area contributed by atoms with E-state index in [4.69, 9.17) is 40.5 Å². The zero-order valence-electron chi connectivity index (χ0n) is 14.1. The summed E-state index contributed by atoms with van der Waals surface area (Å²) in [6, 6.07) is 8.12. The third-order valence-electron chi connectivity index (χ3n) is 4.32. The molecule has 0 spiro atoms. The fourth-order valence-electron chi connectivity index (χ4n) is 2.53. The fraction of sp³-hybridized carbons (Fsp3) is 0.222. The average molecular weight is 492 g/mol. The Labute approximate surface area is 179 Å². The molecule has 2 amide bonds. The van der Waals surface area contributed by atoms with Crippen molar-refractivity contribution in [3.8, 4) is 0 Å². The lowest BCUT2D eigenvalue weighted by atomic mass is 10.1. The maximum Gasteiger partial charge on any atom is 0.257 e. The van der Waals surface area contributed by atoms with Gasteiger partial charge >= 0.3 is 0 Å². The van der Waals surface area contributed by atoms with Crippen LogP contribution in [0.5, 0.6) is 0 Å². The summed E-state index contributed by atoms with van der Waals surface area (Å²) in [5.41, 5.74) is 8.37. The van der Waals surface area contributed by atoms with Crippen LogP contribution in [0.4, 0.5) is 17.1 Å². The first-order valence-corrected chi connectivity index (χ1v) is 9.87. The minimum absolute atomic E-state index is 0.210. The number of hydrogen-bond donors (Lipinski definition) is 3. The summed E-state index contributed by atoms with van der Waals surface area (Å²) in [7, 11) is 0. The van der Waals surface area contributed by atoms with E-state index < -0.39 is 16.2 Å². The number of nitrogens with one attached hydrogen (secondary N) is 2. The van der Waals surface area contributed by atoms with E-state index in [1.54, 1.807) is 25.1 Å².